The fourth-order valence-corrected chi connectivity index (χ4v) is 5.16. The Hall–Kier alpha value is -3.35. The molecule has 2 aliphatic rings. The van der Waals surface area contributed by atoms with Gasteiger partial charge in [0.2, 0.25) is 5.65 Å². The van der Waals surface area contributed by atoms with Crippen LogP contribution in [-0.2, 0) is 5.54 Å². The lowest BCUT2D eigenvalue weighted by Crippen LogP contribution is -2.73. The van der Waals surface area contributed by atoms with Crippen LogP contribution in [0.15, 0.2) is 66.9 Å². The predicted molar refractivity (Wildman–Crippen MR) is 133 cm³/mol. The first-order valence-corrected chi connectivity index (χ1v) is 12.3. The zero-order valence-corrected chi connectivity index (χ0v) is 19.4. The molecule has 4 aromatic rings. The molecule has 5 N–H and O–H groups in total. The zero-order chi connectivity index (χ0) is 23.1. The number of fused-ring (bicyclic) bond motifs is 1. The molecule has 0 amide bonds. The predicted octanol–water partition coefficient (Wildman–Crippen LogP) is 3.36. The number of anilines is 1. The van der Waals surface area contributed by atoms with Gasteiger partial charge in [-0.25, -0.2) is 9.97 Å². The molecule has 2 fully saturated rings. The van der Waals surface area contributed by atoms with E-state index < -0.39 is 0 Å². The number of aliphatic hydroxyl groups excluding tert-OH is 1. The summed E-state index contributed by atoms with van der Waals surface area (Å²) in [6, 6.07) is 21.4. The highest BCUT2D eigenvalue weighted by atomic mass is 16.3. The van der Waals surface area contributed by atoms with Gasteiger partial charge in [-0.2, -0.15) is 0 Å². The van der Waals surface area contributed by atoms with E-state index in [4.69, 9.17) is 9.97 Å². The average molecular weight is 454 g/mol. The minimum absolute atomic E-state index is 0.0753. The van der Waals surface area contributed by atoms with Gasteiger partial charge >= 0.3 is 5.95 Å². The first-order valence-electron chi connectivity index (χ1n) is 12.3. The molecule has 172 valence electrons. The molecule has 0 unspecified atom stereocenters. The number of aromatic amines is 1. The van der Waals surface area contributed by atoms with Crippen molar-refractivity contribution in [2.24, 2.45) is 0 Å². The van der Waals surface area contributed by atoms with Crippen molar-refractivity contribution in [3.05, 3.63) is 72.4 Å². The molecular weight excluding hydrogens is 422 g/mol. The number of nitrogens with one attached hydrogen (secondary N) is 1. The number of rotatable bonds is 4. The van der Waals surface area contributed by atoms with Crippen molar-refractivity contribution in [1.82, 2.24) is 9.97 Å². The van der Waals surface area contributed by atoms with E-state index in [-0.39, 0.29) is 11.6 Å². The van der Waals surface area contributed by atoms with Gasteiger partial charge in [-0.1, -0.05) is 59.6 Å². The van der Waals surface area contributed by atoms with E-state index in [1.54, 1.807) is 0 Å². The molecule has 0 bridgehead atoms. The topological polar surface area (TPSA) is 91.0 Å². The molecule has 0 spiro atoms. The Balaban J connectivity index is 1.44. The summed E-state index contributed by atoms with van der Waals surface area (Å²) < 4.78 is 0. The standard InChI is InChI=1S/C28H29N5O/c29-28(13-4-14-28)22-9-7-20(8-10-22)25-24(19-5-2-1-3-6-19)17-21-18-30-27(32-26(21)31-25)33-15-11-23(34)12-16-33/h1-3,5-10,17-18,23,34H,4,11-16,29H2/p+2. The molecule has 1 aliphatic carbocycles. The van der Waals surface area contributed by atoms with E-state index in [1.165, 1.54) is 12.0 Å². The third-order valence-electron chi connectivity index (χ3n) is 7.53. The minimum Gasteiger partial charge on any atom is -0.393 e. The summed E-state index contributed by atoms with van der Waals surface area (Å²) in [4.78, 5) is 15.5. The van der Waals surface area contributed by atoms with Gasteiger partial charge in [-0.3, -0.25) is 4.90 Å². The maximum atomic E-state index is 9.86. The Morgan fingerprint density at radius 2 is 1.68 bits per heavy atom. The van der Waals surface area contributed by atoms with Crippen LogP contribution in [0, 0.1) is 0 Å². The molecule has 3 heterocycles. The largest absolute Gasteiger partial charge is 0.393 e. The van der Waals surface area contributed by atoms with Gasteiger partial charge in [0.1, 0.15) is 5.54 Å². The second kappa shape index (κ2) is 8.46. The molecule has 2 aromatic carbocycles. The monoisotopic (exact) mass is 453 g/mol. The molecule has 6 nitrogen and oxygen atoms in total. The summed E-state index contributed by atoms with van der Waals surface area (Å²) in [5.41, 5.74) is 10.8. The Labute approximate surface area is 199 Å². The van der Waals surface area contributed by atoms with E-state index in [0.717, 1.165) is 78.1 Å². The lowest BCUT2D eigenvalue weighted by atomic mass is 9.72. The first-order chi connectivity index (χ1) is 16.6. The van der Waals surface area contributed by atoms with Crippen LogP contribution in [0.4, 0.5) is 5.95 Å². The summed E-state index contributed by atoms with van der Waals surface area (Å²) in [5.74, 6) is 0.810. The average Bonchev–Trinajstić information content (AvgIpc) is 2.87. The van der Waals surface area contributed by atoms with Gasteiger partial charge < -0.3 is 10.8 Å². The summed E-state index contributed by atoms with van der Waals surface area (Å²) in [7, 11) is 0. The molecule has 1 aliphatic heterocycles. The highest BCUT2D eigenvalue weighted by molar-refractivity contribution is 5.89. The summed E-state index contributed by atoms with van der Waals surface area (Å²) in [6.45, 7) is 1.58. The smallest absolute Gasteiger partial charge is 0.393 e. The van der Waals surface area contributed by atoms with E-state index in [1.807, 2.05) is 12.3 Å². The van der Waals surface area contributed by atoms with Crippen LogP contribution in [-0.4, -0.2) is 34.3 Å². The number of aromatic nitrogens is 3. The van der Waals surface area contributed by atoms with Gasteiger partial charge in [-0.05, 0) is 18.1 Å². The number of nitrogens with zero attached hydrogens (tertiary/aromatic N) is 3. The second-order valence-electron chi connectivity index (χ2n) is 9.82. The maximum absolute atomic E-state index is 9.86. The summed E-state index contributed by atoms with van der Waals surface area (Å²) in [5, 5.41) is 10.8. The van der Waals surface area contributed by atoms with Gasteiger partial charge in [0.05, 0.1) is 36.5 Å². The number of aliphatic hydroxyl groups is 1. The SMILES string of the molecule is [NH3+]C1(c2ccc(-c3nc4nc(N5CCC(O)CC5)[nH+]cc4cc3-c3ccccc3)cc2)CCC1. The Bertz CT molecular complexity index is 1310. The van der Waals surface area contributed by atoms with E-state index in [0.29, 0.717) is 0 Å². The highest BCUT2D eigenvalue weighted by Gasteiger charge is 2.38. The molecule has 2 aromatic heterocycles. The molecule has 6 rings (SSSR count). The van der Waals surface area contributed by atoms with Crippen LogP contribution in [0.3, 0.4) is 0 Å². The van der Waals surface area contributed by atoms with Crippen molar-refractivity contribution in [3.63, 3.8) is 0 Å². The number of pyridine rings is 1. The van der Waals surface area contributed by atoms with Crippen molar-refractivity contribution in [2.45, 2.75) is 43.7 Å². The molecule has 1 saturated heterocycles. The third-order valence-corrected chi connectivity index (χ3v) is 7.53. The Morgan fingerprint density at radius 1 is 0.941 bits per heavy atom. The number of H-pyrrole nitrogens is 1. The number of piperidine rings is 1. The van der Waals surface area contributed by atoms with Gasteiger partial charge in [0.25, 0.3) is 0 Å². The van der Waals surface area contributed by atoms with Gasteiger partial charge in [0.15, 0.2) is 0 Å². The molecule has 34 heavy (non-hydrogen) atoms. The van der Waals surface area contributed by atoms with E-state index in [9.17, 15) is 5.11 Å². The van der Waals surface area contributed by atoms with Crippen molar-refractivity contribution in [3.8, 4) is 22.4 Å². The van der Waals surface area contributed by atoms with E-state index >= 15 is 0 Å². The van der Waals surface area contributed by atoms with Crippen LogP contribution < -0.4 is 15.6 Å². The number of hydrogen-bond donors (Lipinski definition) is 2. The molecular formula is C28H31N5O+2. The van der Waals surface area contributed by atoms with Crippen LogP contribution in [0.1, 0.15) is 37.7 Å². The molecule has 6 heteroatoms. The van der Waals surface area contributed by atoms with Gasteiger partial charge in [0, 0.05) is 42.4 Å². The van der Waals surface area contributed by atoms with Crippen molar-refractivity contribution in [1.29, 1.82) is 0 Å². The lowest BCUT2D eigenvalue weighted by molar-refractivity contribution is -0.509. The van der Waals surface area contributed by atoms with Gasteiger partial charge in [-0.15, -0.1) is 0 Å². The maximum Gasteiger partial charge on any atom is 0.393 e. The number of quaternary nitrogens is 1. The normalized spacial score (nSPS) is 18.1. The Kier molecular flexibility index (Phi) is 5.27. The fourth-order valence-electron chi connectivity index (χ4n) is 5.16. The van der Waals surface area contributed by atoms with Crippen molar-refractivity contribution in [2.75, 3.05) is 18.0 Å². The lowest BCUT2D eigenvalue weighted by Gasteiger charge is -2.34. The molecule has 1 saturated carbocycles. The van der Waals surface area contributed by atoms with E-state index in [2.05, 4.69) is 70.2 Å². The summed E-state index contributed by atoms with van der Waals surface area (Å²) >= 11 is 0. The second-order valence-corrected chi connectivity index (χ2v) is 9.82. The quantitative estimate of drug-likeness (QED) is 0.496. The van der Waals surface area contributed by atoms with Crippen molar-refractivity contribution < 1.29 is 15.8 Å². The van der Waals surface area contributed by atoms with Crippen LogP contribution in [0.5, 0.6) is 0 Å². The summed E-state index contributed by atoms with van der Waals surface area (Å²) in [6.07, 6.45) is 6.89. The number of benzene rings is 2. The van der Waals surface area contributed by atoms with Crippen LogP contribution in [0.2, 0.25) is 0 Å². The Morgan fingerprint density at radius 3 is 2.35 bits per heavy atom. The fraction of sp³-hybridized carbons (Fsp3) is 0.321. The van der Waals surface area contributed by atoms with Crippen LogP contribution in [0.25, 0.3) is 33.4 Å². The zero-order valence-electron chi connectivity index (χ0n) is 19.4. The minimum atomic E-state index is -0.213. The number of hydrogen-bond acceptors (Lipinski definition) is 4. The van der Waals surface area contributed by atoms with Crippen LogP contribution >= 0.6 is 0 Å². The first kappa shape index (κ1) is 21.2. The molecule has 0 atom stereocenters. The van der Waals surface area contributed by atoms with Crippen molar-refractivity contribution >= 4 is 17.0 Å². The third kappa shape index (κ3) is 3.83. The molecule has 0 radical (unpaired) electrons. The highest BCUT2D eigenvalue weighted by Crippen LogP contribution is 2.38.